The number of rotatable bonds is 2. The number of benzene rings is 1. The molecule has 0 aromatic heterocycles. The van der Waals surface area contributed by atoms with Crippen LogP contribution in [0.3, 0.4) is 0 Å². The first kappa shape index (κ1) is 7.42. The summed E-state index contributed by atoms with van der Waals surface area (Å²) in [6.07, 6.45) is 3.00. The van der Waals surface area contributed by atoms with Gasteiger partial charge in [-0.3, -0.25) is 0 Å². The van der Waals surface area contributed by atoms with Crippen LogP contribution in [0, 0.1) is 0 Å². The van der Waals surface area contributed by atoms with Gasteiger partial charge in [0.15, 0.2) is 0 Å². The van der Waals surface area contributed by atoms with E-state index >= 15 is 0 Å². The smallest absolute Gasteiger partial charge is 0.00894 e. The fourth-order valence-electron chi connectivity index (χ4n) is 0.803. The number of thiol groups is 1. The standard InChI is InChI=1S/C9H10S/c10-8-4-7-9-5-2-1-3-6-9/h1-6,8,10H,7H2/b8-4-. The Morgan fingerprint density at radius 1 is 1.20 bits per heavy atom. The monoisotopic (exact) mass is 150 g/mol. The number of allylic oxidation sites excluding steroid dienone is 1. The highest BCUT2D eigenvalue weighted by molar-refractivity contribution is 7.83. The highest BCUT2D eigenvalue weighted by Crippen LogP contribution is 1.99. The Labute approximate surface area is 67.0 Å². The first-order chi connectivity index (χ1) is 4.93. The summed E-state index contributed by atoms with van der Waals surface area (Å²) in [5.41, 5.74) is 1.33. The molecule has 0 unspecified atom stereocenters. The van der Waals surface area contributed by atoms with E-state index in [1.54, 1.807) is 5.41 Å². The molecule has 1 aromatic carbocycles. The Morgan fingerprint density at radius 3 is 2.50 bits per heavy atom. The third-order valence-electron chi connectivity index (χ3n) is 1.30. The quantitative estimate of drug-likeness (QED) is 0.616. The van der Waals surface area contributed by atoms with Gasteiger partial charge in [-0.1, -0.05) is 36.4 Å². The van der Waals surface area contributed by atoms with E-state index < -0.39 is 0 Å². The topological polar surface area (TPSA) is 0 Å². The van der Waals surface area contributed by atoms with Gasteiger partial charge in [-0.2, -0.15) is 12.6 Å². The molecule has 0 fully saturated rings. The van der Waals surface area contributed by atoms with Crippen molar-refractivity contribution in [2.45, 2.75) is 6.42 Å². The van der Waals surface area contributed by atoms with Gasteiger partial charge in [0.05, 0.1) is 0 Å². The molecule has 0 N–H and O–H groups in total. The SMILES string of the molecule is S/C=C\Cc1ccccc1. The molecule has 0 atom stereocenters. The van der Waals surface area contributed by atoms with Crippen LogP contribution in [-0.2, 0) is 6.42 Å². The van der Waals surface area contributed by atoms with Crippen molar-refractivity contribution in [2.75, 3.05) is 0 Å². The Balaban J connectivity index is 2.59. The van der Waals surface area contributed by atoms with E-state index in [4.69, 9.17) is 0 Å². The van der Waals surface area contributed by atoms with Crippen LogP contribution in [0.1, 0.15) is 5.56 Å². The fourth-order valence-corrected chi connectivity index (χ4v) is 0.908. The third kappa shape index (κ3) is 2.28. The lowest BCUT2D eigenvalue weighted by atomic mass is 10.2. The zero-order valence-corrected chi connectivity index (χ0v) is 6.59. The molecule has 10 heavy (non-hydrogen) atoms. The summed E-state index contributed by atoms with van der Waals surface area (Å²) in [5.74, 6) is 0. The average Bonchev–Trinajstić information content (AvgIpc) is 2.03. The minimum atomic E-state index is 0.977. The maximum atomic E-state index is 3.97. The molecule has 0 saturated carbocycles. The summed E-state index contributed by atoms with van der Waals surface area (Å²) < 4.78 is 0. The average molecular weight is 150 g/mol. The molecule has 0 spiro atoms. The predicted molar refractivity (Wildman–Crippen MR) is 48.3 cm³/mol. The molecule has 0 aliphatic heterocycles. The van der Waals surface area contributed by atoms with Crippen molar-refractivity contribution in [3.63, 3.8) is 0 Å². The van der Waals surface area contributed by atoms with Gasteiger partial charge < -0.3 is 0 Å². The van der Waals surface area contributed by atoms with Gasteiger partial charge in [0, 0.05) is 0 Å². The molecule has 0 aliphatic rings. The van der Waals surface area contributed by atoms with Gasteiger partial charge in [-0.15, -0.1) is 0 Å². The minimum Gasteiger partial charge on any atom is -0.152 e. The molecule has 1 aromatic rings. The summed E-state index contributed by atoms with van der Waals surface area (Å²) in [6.45, 7) is 0. The van der Waals surface area contributed by atoms with Crippen molar-refractivity contribution in [2.24, 2.45) is 0 Å². The Kier molecular flexibility index (Phi) is 3.10. The largest absolute Gasteiger partial charge is 0.152 e. The fraction of sp³-hybridized carbons (Fsp3) is 0.111. The molecule has 0 saturated heterocycles. The maximum absolute atomic E-state index is 3.97. The van der Waals surface area contributed by atoms with Gasteiger partial charge in [0.1, 0.15) is 0 Å². The van der Waals surface area contributed by atoms with E-state index in [0.717, 1.165) is 6.42 Å². The van der Waals surface area contributed by atoms with Gasteiger partial charge in [0.2, 0.25) is 0 Å². The van der Waals surface area contributed by atoms with E-state index in [-0.39, 0.29) is 0 Å². The minimum absolute atomic E-state index is 0.977. The molecule has 0 nitrogen and oxygen atoms in total. The number of hydrogen-bond donors (Lipinski definition) is 1. The van der Waals surface area contributed by atoms with Crippen molar-refractivity contribution >= 4 is 12.6 Å². The second kappa shape index (κ2) is 4.18. The van der Waals surface area contributed by atoms with E-state index in [9.17, 15) is 0 Å². The molecule has 0 radical (unpaired) electrons. The van der Waals surface area contributed by atoms with Crippen LogP contribution in [0.2, 0.25) is 0 Å². The lowest BCUT2D eigenvalue weighted by Gasteiger charge is -1.91. The molecular weight excluding hydrogens is 140 g/mol. The van der Waals surface area contributed by atoms with E-state index in [1.165, 1.54) is 5.56 Å². The summed E-state index contributed by atoms with van der Waals surface area (Å²) in [4.78, 5) is 0. The second-order valence-electron chi connectivity index (χ2n) is 2.07. The molecule has 1 heteroatoms. The predicted octanol–water partition coefficient (Wildman–Crippen LogP) is 2.67. The van der Waals surface area contributed by atoms with Crippen LogP contribution in [0.5, 0.6) is 0 Å². The molecule has 1 rings (SSSR count). The zero-order valence-electron chi connectivity index (χ0n) is 5.70. The highest BCUT2D eigenvalue weighted by atomic mass is 32.1. The van der Waals surface area contributed by atoms with Crippen molar-refractivity contribution in [1.82, 2.24) is 0 Å². The molecule has 0 amide bonds. The van der Waals surface area contributed by atoms with Crippen LogP contribution >= 0.6 is 12.6 Å². The second-order valence-corrected chi connectivity index (χ2v) is 2.37. The summed E-state index contributed by atoms with van der Waals surface area (Å²) in [7, 11) is 0. The maximum Gasteiger partial charge on any atom is -0.00894 e. The Hall–Kier alpha value is -0.690. The molecule has 0 bridgehead atoms. The van der Waals surface area contributed by atoms with Crippen LogP contribution < -0.4 is 0 Å². The molecule has 0 aliphatic carbocycles. The third-order valence-corrected chi connectivity index (χ3v) is 1.51. The van der Waals surface area contributed by atoms with Gasteiger partial charge in [-0.25, -0.2) is 0 Å². The van der Waals surface area contributed by atoms with E-state index in [2.05, 4.69) is 24.8 Å². The van der Waals surface area contributed by atoms with Gasteiger partial charge in [0.25, 0.3) is 0 Å². The van der Waals surface area contributed by atoms with Crippen LogP contribution in [0.4, 0.5) is 0 Å². The lowest BCUT2D eigenvalue weighted by molar-refractivity contribution is 1.28. The van der Waals surface area contributed by atoms with Crippen molar-refractivity contribution in [3.05, 3.63) is 47.4 Å². The summed E-state index contributed by atoms with van der Waals surface area (Å²) in [5, 5.41) is 1.77. The first-order valence-corrected chi connectivity index (χ1v) is 3.78. The summed E-state index contributed by atoms with van der Waals surface area (Å²) >= 11 is 3.97. The molecule has 52 valence electrons. The van der Waals surface area contributed by atoms with Crippen LogP contribution in [0.25, 0.3) is 0 Å². The van der Waals surface area contributed by atoms with Crippen molar-refractivity contribution < 1.29 is 0 Å². The summed E-state index contributed by atoms with van der Waals surface area (Å²) in [6, 6.07) is 10.3. The van der Waals surface area contributed by atoms with Crippen LogP contribution in [-0.4, -0.2) is 0 Å². The number of hydrogen-bond acceptors (Lipinski definition) is 1. The van der Waals surface area contributed by atoms with E-state index in [1.807, 2.05) is 24.3 Å². The molecular formula is C9H10S. The van der Waals surface area contributed by atoms with Crippen molar-refractivity contribution in [3.8, 4) is 0 Å². The molecule has 0 heterocycles. The van der Waals surface area contributed by atoms with Gasteiger partial charge >= 0.3 is 0 Å². The highest BCUT2D eigenvalue weighted by Gasteiger charge is 1.83. The van der Waals surface area contributed by atoms with Crippen LogP contribution in [0.15, 0.2) is 41.8 Å². The zero-order chi connectivity index (χ0) is 7.23. The van der Waals surface area contributed by atoms with Crippen molar-refractivity contribution in [1.29, 1.82) is 0 Å². The normalized spacial score (nSPS) is 10.5. The Bertz CT molecular complexity index is 201. The lowest BCUT2D eigenvalue weighted by Crippen LogP contribution is -1.76. The van der Waals surface area contributed by atoms with E-state index in [0.29, 0.717) is 0 Å². The first-order valence-electron chi connectivity index (χ1n) is 3.26. The van der Waals surface area contributed by atoms with Gasteiger partial charge in [-0.05, 0) is 17.4 Å². The Morgan fingerprint density at radius 2 is 1.90 bits per heavy atom.